The molecule has 4 nitrogen and oxygen atoms in total. The average molecular weight is 362 g/mol. The maximum Gasteiger partial charge on any atom is 0.243 e. The van der Waals surface area contributed by atoms with E-state index in [1.165, 1.54) is 0 Å². The van der Waals surface area contributed by atoms with Crippen molar-refractivity contribution in [2.24, 2.45) is 5.92 Å². The molecular weight excluding hydrogens is 342 g/mol. The van der Waals surface area contributed by atoms with Crippen LogP contribution in [0.15, 0.2) is 27.6 Å². The second-order valence-corrected chi connectivity index (χ2v) is 7.90. The molecule has 6 heteroatoms. The number of benzene rings is 1. The van der Waals surface area contributed by atoms with Gasteiger partial charge in [-0.3, -0.25) is 0 Å². The summed E-state index contributed by atoms with van der Waals surface area (Å²) in [6.45, 7) is 3.40. The number of sulfonamides is 1. The molecule has 1 unspecified atom stereocenters. The van der Waals surface area contributed by atoms with E-state index in [0.717, 1.165) is 19.3 Å². The highest BCUT2D eigenvalue weighted by Crippen LogP contribution is 2.31. The topological polar surface area (TPSA) is 46.6 Å². The zero-order valence-corrected chi connectivity index (χ0v) is 14.2. The molecule has 1 aromatic rings. The largest absolute Gasteiger partial charge is 0.496 e. The first kappa shape index (κ1) is 15.8. The highest BCUT2D eigenvalue weighted by atomic mass is 79.9. The predicted octanol–water partition coefficient (Wildman–Crippen LogP) is 3.27. The van der Waals surface area contributed by atoms with Gasteiger partial charge in [-0.25, -0.2) is 8.42 Å². The Kier molecular flexibility index (Phi) is 5.09. The van der Waals surface area contributed by atoms with Crippen LogP contribution in [0.25, 0.3) is 0 Å². The van der Waals surface area contributed by atoms with Crippen LogP contribution in [-0.4, -0.2) is 32.9 Å². The predicted molar refractivity (Wildman–Crippen MR) is 82.5 cm³/mol. The molecule has 0 amide bonds. The van der Waals surface area contributed by atoms with E-state index in [2.05, 4.69) is 22.9 Å². The lowest BCUT2D eigenvalue weighted by Crippen LogP contribution is -2.28. The molecule has 20 heavy (non-hydrogen) atoms. The molecular formula is C14H20BrNO3S. The molecule has 0 radical (unpaired) electrons. The van der Waals surface area contributed by atoms with Crippen LogP contribution in [0.3, 0.4) is 0 Å². The number of ether oxygens (including phenoxy) is 1. The first-order valence-corrected chi connectivity index (χ1v) is 9.06. The quantitative estimate of drug-likeness (QED) is 0.808. The van der Waals surface area contributed by atoms with Gasteiger partial charge in [-0.05, 0) is 52.9 Å². The number of methoxy groups -OCH3 is 1. The van der Waals surface area contributed by atoms with E-state index in [4.69, 9.17) is 4.74 Å². The lowest BCUT2D eigenvalue weighted by atomic mass is 10.0. The van der Waals surface area contributed by atoms with Crippen LogP contribution < -0.4 is 4.74 Å². The smallest absolute Gasteiger partial charge is 0.243 e. The van der Waals surface area contributed by atoms with Crippen LogP contribution in [0.1, 0.15) is 26.2 Å². The Morgan fingerprint density at radius 1 is 1.45 bits per heavy atom. The van der Waals surface area contributed by atoms with E-state index < -0.39 is 10.0 Å². The van der Waals surface area contributed by atoms with Crippen LogP contribution in [-0.2, 0) is 10.0 Å². The molecule has 0 saturated carbocycles. The third-order valence-corrected chi connectivity index (χ3v) is 6.19. The molecule has 0 aromatic heterocycles. The van der Waals surface area contributed by atoms with Crippen LogP contribution >= 0.6 is 15.9 Å². The molecule has 1 saturated heterocycles. The molecule has 1 atom stereocenters. The van der Waals surface area contributed by atoms with E-state index in [0.29, 0.717) is 34.1 Å². The van der Waals surface area contributed by atoms with Crippen molar-refractivity contribution >= 4 is 26.0 Å². The maximum absolute atomic E-state index is 12.6. The molecule has 112 valence electrons. The third-order valence-electron chi connectivity index (χ3n) is 3.71. The summed E-state index contributed by atoms with van der Waals surface area (Å²) in [4.78, 5) is 0.322. The normalized spacial score (nSPS) is 20.2. The number of halogens is 1. The summed E-state index contributed by atoms with van der Waals surface area (Å²) in [6, 6.07) is 4.89. The van der Waals surface area contributed by atoms with E-state index in [1.54, 1.807) is 29.6 Å². The Hall–Kier alpha value is -0.590. The van der Waals surface area contributed by atoms with Gasteiger partial charge in [0, 0.05) is 13.1 Å². The fourth-order valence-electron chi connectivity index (χ4n) is 2.62. The summed E-state index contributed by atoms with van der Waals surface area (Å²) in [6.07, 6.45) is 3.16. The fraction of sp³-hybridized carbons (Fsp3) is 0.571. The first-order valence-electron chi connectivity index (χ1n) is 6.82. The Morgan fingerprint density at radius 2 is 2.20 bits per heavy atom. The summed E-state index contributed by atoms with van der Waals surface area (Å²) in [5.41, 5.74) is 0. The number of rotatable bonds is 5. The van der Waals surface area contributed by atoms with Crippen molar-refractivity contribution in [2.45, 2.75) is 31.1 Å². The zero-order valence-electron chi connectivity index (χ0n) is 11.8. The Labute approximate surface area is 129 Å². The number of nitrogens with zero attached hydrogens (tertiary/aromatic N) is 1. The van der Waals surface area contributed by atoms with Crippen molar-refractivity contribution in [2.75, 3.05) is 20.2 Å². The van der Waals surface area contributed by atoms with Crippen molar-refractivity contribution in [3.63, 3.8) is 0 Å². The summed E-state index contributed by atoms with van der Waals surface area (Å²) in [7, 11) is -1.83. The van der Waals surface area contributed by atoms with Gasteiger partial charge in [-0.2, -0.15) is 4.31 Å². The van der Waals surface area contributed by atoms with Gasteiger partial charge in [-0.15, -0.1) is 0 Å². The van der Waals surface area contributed by atoms with E-state index in [9.17, 15) is 8.42 Å². The van der Waals surface area contributed by atoms with Gasteiger partial charge in [0.25, 0.3) is 0 Å². The van der Waals surface area contributed by atoms with Crippen molar-refractivity contribution < 1.29 is 13.2 Å². The zero-order chi connectivity index (χ0) is 14.8. The van der Waals surface area contributed by atoms with Crippen LogP contribution in [0.4, 0.5) is 0 Å². The summed E-state index contributed by atoms with van der Waals surface area (Å²) < 4.78 is 32.6. The van der Waals surface area contributed by atoms with E-state index in [-0.39, 0.29) is 0 Å². The Bertz CT molecular complexity index is 574. The minimum Gasteiger partial charge on any atom is -0.496 e. The van der Waals surface area contributed by atoms with E-state index >= 15 is 0 Å². The Balaban J connectivity index is 2.21. The van der Waals surface area contributed by atoms with Gasteiger partial charge < -0.3 is 4.74 Å². The molecule has 1 aliphatic rings. The molecule has 0 spiro atoms. The van der Waals surface area contributed by atoms with Crippen LogP contribution in [0.2, 0.25) is 0 Å². The van der Waals surface area contributed by atoms with Crippen molar-refractivity contribution in [3.8, 4) is 5.75 Å². The van der Waals surface area contributed by atoms with Crippen LogP contribution in [0.5, 0.6) is 5.75 Å². The van der Waals surface area contributed by atoms with Crippen molar-refractivity contribution in [1.82, 2.24) is 4.31 Å². The first-order chi connectivity index (χ1) is 9.48. The molecule has 1 fully saturated rings. The SMILES string of the molecule is CCCC1CCN(S(=O)(=O)c2ccc(OC)c(Br)c2)C1. The molecule has 0 aliphatic carbocycles. The van der Waals surface area contributed by atoms with Gasteiger partial charge in [0.05, 0.1) is 16.5 Å². The summed E-state index contributed by atoms with van der Waals surface area (Å²) in [5.74, 6) is 1.13. The number of hydrogen-bond acceptors (Lipinski definition) is 3. The van der Waals surface area contributed by atoms with Gasteiger partial charge in [0.15, 0.2) is 0 Å². The monoisotopic (exact) mass is 361 g/mol. The fourth-order valence-corrected chi connectivity index (χ4v) is 4.87. The molecule has 1 heterocycles. The summed E-state index contributed by atoms with van der Waals surface area (Å²) >= 11 is 3.34. The van der Waals surface area contributed by atoms with Gasteiger partial charge in [0.1, 0.15) is 5.75 Å². The van der Waals surface area contributed by atoms with Gasteiger partial charge >= 0.3 is 0 Å². The maximum atomic E-state index is 12.6. The Morgan fingerprint density at radius 3 is 2.80 bits per heavy atom. The highest BCUT2D eigenvalue weighted by Gasteiger charge is 2.32. The van der Waals surface area contributed by atoms with Gasteiger partial charge in [-0.1, -0.05) is 13.3 Å². The van der Waals surface area contributed by atoms with Crippen molar-refractivity contribution in [1.29, 1.82) is 0 Å². The van der Waals surface area contributed by atoms with Crippen LogP contribution in [0, 0.1) is 5.92 Å². The average Bonchev–Trinajstić information content (AvgIpc) is 2.88. The van der Waals surface area contributed by atoms with Gasteiger partial charge in [0.2, 0.25) is 10.0 Å². The number of hydrogen-bond donors (Lipinski definition) is 0. The second-order valence-electron chi connectivity index (χ2n) is 5.10. The molecule has 0 N–H and O–H groups in total. The van der Waals surface area contributed by atoms with E-state index in [1.807, 2.05) is 0 Å². The molecule has 1 aromatic carbocycles. The minimum absolute atomic E-state index is 0.322. The highest BCUT2D eigenvalue weighted by molar-refractivity contribution is 9.10. The van der Waals surface area contributed by atoms with Crippen molar-refractivity contribution in [3.05, 3.63) is 22.7 Å². The molecule has 0 bridgehead atoms. The summed E-state index contributed by atoms with van der Waals surface area (Å²) in [5, 5.41) is 0. The second kappa shape index (κ2) is 6.45. The standard InChI is InChI=1S/C14H20BrNO3S/c1-3-4-11-7-8-16(10-11)20(17,18)12-5-6-14(19-2)13(15)9-12/h5-6,9,11H,3-4,7-8,10H2,1-2H3. The lowest BCUT2D eigenvalue weighted by Gasteiger charge is -2.17. The molecule has 2 rings (SSSR count). The lowest BCUT2D eigenvalue weighted by molar-refractivity contribution is 0.411. The minimum atomic E-state index is -3.39. The molecule has 1 aliphatic heterocycles. The third kappa shape index (κ3) is 3.18.